The van der Waals surface area contributed by atoms with Crippen molar-refractivity contribution >= 4 is 17.8 Å². The summed E-state index contributed by atoms with van der Waals surface area (Å²) in [5.74, 6) is -0.715. The third kappa shape index (κ3) is 2.74. The Morgan fingerprint density at radius 2 is 1.90 bits per heavy atom. The van der Waals surface area contributed by atoms with Crippen LogP contribution in [0.5, 0.6) is 0 Å². The molecule has 21 heavy (non-hydrogen) atoms. The van der Waals surface area contributed by atoms with E-state index >= 15 is 0 Å². The molecule has 0 saturated carbocycles. The van der Waals surface area contributed by atoms with E-state index in [4.69, 9.17) is 0 Å². The van der Waals surface area contributed by atoms with Crippen molar-refractivity contribution in [3.8, 4) is 0 Å². The first kappa shape index (κ1) is 15.0. The molecule has 112 valence electrons. The number of urea groups is 1. The van der Waals surface area contributed by atoms with Crippen molar-refractivity contribution in [1.29, 1.82) is 0 Å². The second kappa shape index (κ2) is 5.55. The van der Waals surface area contributed by atoms with E-state index < -0.39 is 17.5 Å². The molecule has 2 rings (SSSR count). The molecule has 1 aliphatic rings. The molecular weight excluding hydrogens is 270 g/mol. The van der Waals surface area contributed by atoms with Crippen LogP contribution in [0.4, 0.5) is 4.79 Å². The summed E-state index contributed by atoms with van der Waals surface area (Å²) in [6, 6.07) is 8.38. The van der Waals surface area contributed by atoms with Crippen molar-refractivity contribution in [3.63, 3.8) is 0 Å². The van der Waals surface area contributed by atoms with Gasteiger partial charge in [0.25, 0.3) is 5.91 Å². The second-order valence-electron chi connectivity index (χ2n) is 5.51. The van der Waals surface area contributed by atoms with Crippen LogP contribution in [0.2, 0.25) is 0 Å². The highest BCUT2D eigenvalue weighted by Crippen LogP contribution is 2.32. The quantitative estimate of drug-likeness (QED) is 0.811. The van der Waals surface area contributed by atoms with Crippen LogP contribution in [0, 0.1) is 0 Å². The molecule has 1 aromatic rings. The van der Waals surface area contributed by atoms with Gasteiger partial charge in [0.2, 0.25) is 5.91 Å². The maximum absolute atomic E-state index is 12.2. The van der Waals surface area contributed by atoms with Gasteiger partial charge in [0.05, 0.1) is 0 Å². The number of amides is 4. The Kier molecular flexibility index (Phi) is 3.97. The SMILES string of the molecule is CC(C)NC(=O)CN1C(=O)NC(=O)C1(C)c1ccccc1. The van der Waals surface area contributed by atoms with Gasteiger partial charge in [-0.2, -0.15) is 0 Å². The molecule has 1 fully saturated rings. The number of hydrogen-bond donors (Lipinski definition) is 2. The Hall–Kier alpha value is -2.37. The molecule has 1 aromatic carbocycles. The first-order valence-electron chi connectivity index (χ1n) is 6.83. The highest BCUT2D eigenvalue weighted by Gasteiger charge is 2.51. The monoisotopic (exact) mass is 289 g/mol. The molecular formula is C15H19N3O3. The second-order valence-corrected chi connectivity index (χ2v) is 5.51. The third-order valence-electron chi connectivity index (χ3n) is 3.53. The van der Waals surface area contributed by atoms with Crippen LogP contribution >= 0.6 is 0 Å². The average molecular weight is 289 g/mol. The summed E-state index contributed by atoms with van der Waals surface area (Å²) >= 11 is 0. The van der Waals surface area contributed by atoms with Gasteiger partial charge in [-0.3, -0.25) is 19.8 Å². The molecule has 0 spiro atoms. The predicted octanol–water partition coefficient (Wildman–Crippen LogP) is 0.978. The Morgan fingerprint density at radius 3 is 2.48 bits per heavy atom. The van der Waals surface area contributed by atoms with Crippen LogP contribution in [0.3, 0.4) is 0 Å². The summed E-state index contributed by atoms with van der Waals surface area (Å²) in [4.78, 5) is 37.4. The highest BCUT2D eigenvalue weighted by molar-refractivity contribution is 6.08. The van der Waals surface area contributed by atoms with E-state index in [1.807, 2.05) is 19.9 Å². The molecule has 6 nitrogen and oxygen atoms in total. The van der Waals surface area contributed by atoms with Crippen molar-refractivity contribution in [2.45, 2.75) is 32.4 Å². The molecule has 1 atom stereocenters. The minimum atomic E-state index is -1.17. The Bertz CT molecular complexity index is 571. The van der Waals surface area contributed by atoms with Crippen molar-refractivity contribution in [3.05, 3.63) is 35.9 Å². The van der Waals surface area contributed by atoms with E-state index in [1.165, 1.54) is 4.90 Å². The molecule has 0 aliphatic carbocycles. The van der Waals surface area contributed by atoms with E-state index in [-0.39, 0.29) is 18.5 Å². The third-order valence-corrected chi connectivity index (χ3v) is 3.53. The van der Waals surface area contributed by atoms with Gasteiger partial charge in [0.15, 0.2) is 0 Å². The smallest absolute Gasteiger partial charge is 0.325 e. The zero-order valence-electron chi connectivity index (χ0n) is 12.3. The molecule has 6 heteroatoms. The summed E-state index contributed by atoms with van der Waals surface area (Å²) in [5, 5.41) is 5.01. The highest BCUT2D eigenvalue weighted by atomic mass is 16.2. The lowest BCUT2D eigenvalue weighted by Crippen LogP contribution is -2.49. The van der Waals surface area contributed by atoms with Gasteiger partial charge in [0.1, 0.15) is 12.1 Å². The van der Waals surface area contributed by atoms with Crippen LogP contribution < -0.4 is 10.6 Å². The normalized spacial score (nSPS) is 21.6. The fraction of sp³-hybridized carbons (Fsp3) is 0.400. The van der Waals surface area contributed by atoms with Crippen LogP contribution in [-0.4, -0.2) is 35.3 Å². The molecule has 1 aliphatic heterocycles. The van der Waals surface area contributed by atoms with E-state index in [9.17, 15) is 14.4 Å². The largest absolute Gasteiger partial charge is 0.352 e. The molecule has 0 radical (unpaired) electrons. The van der Waals surface area contributed by atoms with Gasteiger partial charge in [-0.15, -0.1) is 0 Å². The van der Waals surface area contributed by atoms with Gasteiger partial charge < -0.3 is 5.32 Å². The molecule has 1 saturated heterocycles. The number of nitrogens with one attached hydrogen (secondary N) is 2. The Morgan fingerprint density at radius 1 is 1.29 bits per heavy atom. The first-order valence-corrected chi connectivity index (χ1v) is 6.83. The zero-order chi connectivity index (χ0) is 15.6. The molecule has 4 amide bonds. The van der Waals surface area contributed by atoms with Crippen LogP contribution in [0.25, 0.3) is 0 Å². The summed E-state index contributed by atoms with van der Waals surface area (Å²) in [7, 11) is 0. The van der Waals surface area contributed by atoms with Crippen molar-refractivity contribution in [2.24, 2.45) is 0 Å². The summed E-state index contributed by atoms with van der Waals surface area (Å²) in [6.07, 6.45) is 0. The van der Waals surface area contributed by atoms with Crippen LogP contribution in [-0.2, 0) is 15.1 Å². The van der Waals surface area contributed by atoms with Gasteiger partial charge in [-0.1, -0.05) is 30.3 Å². The molecule has 0 bridgehead atoms. The summed E-state index contributed by atoms with van der Waals surface area (Å²) in [5.41, 5.74) is -0.502. The fourth-order valence-corrected chi connectivity index (χ4v) is 2.40. The lowest BCUT2D eigenvalue weighted by Gasteiger charge is -2.31. The van der Waals surface area contributed by atoms with Crippen LogP contribution in [0.1, 0.15) is 26.3 Å². The molecule has 1 unspecified atom stereocenters. The number of benzene rings is 1. The topological polar surface area (TPSA) is 78.5 Å². The van der Waals surface area contributed by atoms with Crippen LogP contribution in [0.15, 0.2) is 30.3 Å². The van der Waals surface area contributed by atoms with E-state index in [1.54, 1.807) is 31.2 Å². The molecule has 1 heterocycles. The number of hydrogen-bond acceptors (Lipinski definition) is 3. The van der Waals surface area contributed by atoms with Gasteiger partial charge in [-0.25, -0.2) is 4.79 Å². The number of rotatable bonds is 4. The molecule has 2 N–H and O–H groups in total. The predicted molar refractivity (Wildman–Crippen MR) is 77.3 cm³/mol. The maximum atomic E-state index is 12.2. The Balaban J connectivity index is 2.31. The minimum Gasteiger partial charge on any atom is -0.352 e. The maximum Gasteiger partial charge on any atom is 0.325 e. The van der Waals surface area contributed by atoms with Gasteiger partial charge in [-0.05, 0) is 26.3 Å². The number of nitrogens with zero attached hydrogens (tertiary/aromatic N) is 1. The lowest BCUT2D eigenvalue weighted by molar-refractivity contribution is -0.128. The summed E-state index contributed by atoms with van der Waals surface area (Å²) in [6.45, 7) is 5.15. The van der Waals surface area contributed by atoms with Crippen molar-refractivity contribution in [2.75, 3.05) is 6.54 Å². The van der Waals surface area contributed by atoms with E-state index in [0.29, 0.717) is 5.56 Å². The van der Waals surface area contributed by atoms with Gasteiger partial charge in [0, 0.05) is 6.04 Å². The Labute approximate surface area is 123 Å². The zero-order valence-corrected chi connectivity index (χ0v) is 12.3. The van der Waals surface area contributed by atoms with Crippen molar-refractivity contribution in [1.82, 2.24) is 15.5 Å². The fourth-order valence-electron chi connectivity index (χ4n) is 2.40. The van der Waals surface area contributed by atoms with E-state index in [0.717, 1.165) is 0 Å². The minimum absolute atomic E-state index is 0.0261. The molecule has 0 aromatic heterocycles. The van der Waals surface area contributed by atoms with Crippen molar-refractivity contribution < 1.29 is 14.4 Å². The standard InChI is InChI=1S/C15H19N3O3/c1-10(2)16-12(19)9-18-14(21)17-13(20)15(18,3)11-7-5-4-6-8-11/h4-8,10H,9H2,1-3H3,(H,16,19)(H,17,20,21). The average Bonchev–Trinajstić information content (AvgIpc) is 2.63. The number of imide groups is 1. The number of carbonyl (C=O) groups excluding carboxylic acids is 3. The lowest BCUT2D eigenvalue weighted by atomic mass is 9.90. The number of carbonyl (C=O) groups is 3. The van der Waals surface area contributed by atoms with Gasteiger partial charge >= 0.3 is 6.03 Å². The first-order chi connectivity index (χ1) is 9.85. The van der Waals surface area contributed by atoms with E-state index in [2.05, 4.69) is 10.6 Å². The summed E-state index contributed by atoms with van der Waals surface area (Å²) < 4.78 is 0.